The predicted molar refractivity (Wildman–Crippen MR) is 98.5 cm³/mol. The Morgan fingerprint density at radius 2 is 1.96 bits per heavy atom. The number of aliphatic hydroxyl groups excluding tert-OH is 1. The van der Waals surface area contributed by atoms with E-state index in [1.54, 1.807) is 4.68 Å². The molecule has 1 aliphatic carbocycles. The van der Waals surface area contributed by atoms with Crippen LogP contribution in [0.4, 0.5) is 10.6 Å². The number of hydrogen-bond donors (Lipinski definition) is 3. The normalized spacial score (nSPS) is 20.5. The fourth-order valence-corrected chi connectivity index (χ4v) is 3.23. The van der Waals surface area contributed by atoms with Gasteiger partial charge >= 0.3 is 6.03 Å². The van der Waals surface area contributed by atoms with E-state index in [4.69, 9.17) is 0 Å². The lowest BCUT2D eigenvalue weighted by atomic mass is 9.93. The van der Waals surface area contributed by atoms with Gasteiger partial charge in [-0.15, -0.1) is 0 Å². The van der Waals surface area contributed by atoms with Gasteiger partial charge in [0.1, 0.15) is 5.82 Å². The maximum absolute atomic E-state index is 12.4. The van der Waals surface area contributed by atoms with Crippen LogP contribution in [0.1, 0.15) is 45.6 Å². The summed E-state index contributed by atoms with van der Waals surface area (Å²) in [5.41, 5.74) is 1.83. The summed E-state index contributed by atoms with van der Waals surface area (Å²) in [6, 6.07) is 11.4. The summed E-state index contributed by atoms with van der Waals surface area (Å²) in [7, 11) is 0. The molecule has 2 amide bonds. The Bertz CT molecular complexity index is 711. The van der Waals surface area contributed by atoms with Crippen LogP contribution in [0.15, 0.2) is 36.4 Å². The Morgan fingerprint density at radius 3 is 2.64 bits per heavy atom. The van der Waals surface area contributed by atoms with Gasteiger partial charge in [-0.05, 0) is 26.7 Å². The van der Waals surface area contributed by atoms with E-state index in [9.17, 15) is 9.90 Å². The molecule has 1 heterocycles. The maximum Gasteiger partial charge on any atom is 0.320 e. The van der Waals surface area contributed by atoms with Gasteiger partial charge in [-0.2, -0.15) is 5.10 Å². The summed E-state index contributed by atoms with van der Waals surface area (Å²) >= 11 is 0. The molecule has 3 N–H and O–H groups in total. The predicted octanol–water partition coefficient (Wildman–Crippen LogP) is 3.56. The number of nitrogens with one attached hydrogen (secondary N) is 2. The van der Waals surface area contributed by atoms with E-state index in [1.165, 1.54) is 0 Å². The lowest BCUT2D eigenvalue weighted by Gasteiger charge is -2.28. The van der Waals surface area contributed by atoms with E-state index in [0.717, 1.165) is 36.9 Å². The number of aliphatic hydroxyl groups is 1. The van der Waals surface area contributed by atoms with E-state index in [1.807, 2.05) is 50.2 Å². The van der Waals surface area contributed by atoms with Crippen molar-refractivity contribution in [3.8, 4) is 11.3 Å². The van der Waals surface area contributed by atoms with Crippen LogP contribution in [0.5, 0.6) is 0 Å². The Balaban J connectivity index is 1.74. The van der Waals surface area contributed by atoms with Crippen molar-refractivity contribution in [2.45, 2.75) is 57.7 Å². The summed E-state index contributed by atoms with van der Waals surface area (Å²) in [4.78, 5) is 12.4. The van der Waals surface area contributed by atoms with Gasteiger partial charge in [0.2, 0.25) is 0 Å². The number of nitrogens with zero attached hydrogens (tertiary/aromatic N) is 2. The van der Waals surface area contributed by atoms with Crippen molar-refractivity contribution in [2.24, 2.45) is 0 Å². The minimum Gasteiger partial charge on any atom is -0.391 e. The number of anilines is 1. The summed E-state index contributed by atoms with van der Waals surface area (Å²) in [6.07, 6.45) is 3.14. The lowest BCUT2D eigenvalue weighted by Crippen LogP contribution is -2.46. The highest BCUT2D eigenvalue weighted by Gasteiger charge is 2.25. The number of carbonyl (C=O) groups is 1. The second-order valence-electron chi connectivity index (χ2n) is 6.88. The van der Waals surface area contributed by atoms with E-state index in [-0.39, 0.29) is 18.1 Å². The molecule has 2 aromatic rings. The number of amides is 2. The molecule has 0 aliphatic heterocycles. The molecule has 1 aromatic carbocycles. The standard InChI is InChI=1S/C19H26N4O2/c1-13(2)23-18(12-16(22-23)14-8-4-3-5-9-14)21-19(25)20-15-10-6-7-11-17(15)24/h3-5,8-9,12-13,15,17,24H,6-7,10-11H2,1-2H3,(H2,20,21,25). The molecule has 0 bridgehead atoms. The number of aromatic nitrogens is 2. The van der Waals surface area contributed by atoms with Crippen molar-refractivity contribution in [1.29, 1.82) is 0 Å². The molecule has 6 heteroatoms. The summed E-state index contributed by atoms with van der Waals surface area (Å²) < 4.78 is 1.80. The fourth-order valence-electron chi connectivity index (χ4n) is 3.23. The molecule has 0 spiro atoms. The van der Waals surface area contributed by atoms with E-state index in [2.05, 4.69) is 15.7 Å². The van der Waals surface area contributed by atoms with Crippen molar-refractivity contribution < 1.29 is 9.90 Å². The number of benzene rings is 1. The van der Waals surface area contributed by atoms with Gasteiger partial charge in [-0.25, -0.2) is 9.48 Å². The van der Waals surface area contributed by atoms with Crippen LogP contribution in [0, 0.1) is 0 Å². The first kappa shape index (κ1) is 17.5. The summed E-state index contributed by atoms with van der Waals surface area (Å²) in [5.74, 6) is 0.650. The third-order valence-corrected chi connectivity index (χ3v) is 4.58. The Hall–Kier alpha value is -2.34. The summed E-state index contributed by atoms with van der Waals surface area (Å²) in [6.45, 7) is 4.05. The van der Waals surface area contributed by atoms with Crippen molar-refractivity contribution >= 4 is 11.8 Å². The molecule has 0 radical (unpaired) electrons. The topological polar surface area (TPSA) is 79.2 Å². The first-order valence-electron chi connectivity index (χ1n) is 8.95. The smallest absolute Gasteiger partial charge is 0.320 e. The van der Waals surface area contributed by atoms with Gasteiger partial charge in [0.05, 0.1) is 17.8 Å². The van der Waals surface area contributed by atoms with Crippen LogP contribution >= 0.6 is 0 Å². The molecule has 25 heavy (non-hydrogen) atoms. The number of carbonyl (C=O) groups excluding carboxylic acids is 1. The molecule has 1 fully saturated rings. The minimum absolute atomic E-state index is 0.119. The highest BCUT2D eigenvalue weighted by atomic mass is 16.3. The molecule has 134 valence electrons. The monoisotopic (exact) mass is 342 g/mol. The minimum atomic E-state index is -0.464. The fraction of sp³-hybridized carbons (Fsp3) is 0.474. The quantitative estimate of drug-likeness (QED) is 0.795. The molecule has 6 nitrogen and oxygen atoms in total. The van der Waals surface area contributed by atoms with Gasteiger partial charge in [0.15, 0.2) is 0 Å². The van der Waals surface area contributed by atoms with Gasteiger partial charge in [-0.1, -0.05) is 43.2 Å². The SMILES string of the molecule is CC(C)n1nc(-c2ccccc2)cc1NC(=O)NC1CCCCC1O. The highest BCUT2D eigenvalue weighted by molar-refractivity contribution is 5.89. The van der Waals surface area contributed by atoms with Crippen LogP contribution in [0.25, 0.3) is 11.3 Å². The third kappa shape index (κ3) is 4.20. The van der Waals surface area contributed by atoms with Gasteiger partial charge in [0.25, 0.3) is 0 Å². The molecular formula is C19H26N4O2. The Morgan fingerprint density at radius 1 is 1.24 bits per heavy atom. The zero-order valence-corrected chi connectivity index (χ0v) is 14.8. The highest BCUT2D eigenvalue weighted by Crippen LogP contribution is 2.24. The number of urea groups is 1. The van der Waals surface area contributed by atoms with Gasteiger partial charge < -0.3 is 10.4 Å². The van der Waals surface area contributed by atoms with Crippen LogP contribution < -0.4 is 10.6 Å². The van der Waals surface area contributed by atoms with Crippen molar-refractivity contribution in [1.82, 2.24) is 15.1 Å². The largest absolute Gasteiger partial charge is 0.391 e. The second kappa shape index (κ2) is 7.70. The Labute approximate surface area is 148 Å². The van der Waals surface area contributed by atoms with Gasteiger partial charge in [0, 0.05) is 17.7 Å². The molecule has 2 unspecified atom stereocenters. The van der Waals surface area contributed by atoms with Crippen molar-refractivity contribution in [3.63, 3.8) is 0 Å². The number of hydrogen-bond acceptors (Lipinski definition) is 3. The summed E-state index contributed by atoms with van der Waals surface area (Å²) in [5, 5.41) is 20.4. The molecule has 1 aliphatic rings. The van der Waals surface area contributed by atoms with E-state index >= 15 is 0 Å². The number of rotatable bonds is 4. The van der Waals surface area contributed by atoms with Gasteiger partial charge in [-0.3, -0.25) is 5.32 Å². The first-order valence-corrected chi connectivity index (χ1v) is 8.95. The van der Waals surface area contributed by atoms with Crippen LogP contribution in [0.2, 0.25) is 0 Å². The second-order valence-corrected chi connectivity index (χ2v) is 6.88. The maximum atomic E-state index is 12.4. The third-order valence-electron chi connectivity index (χ3n) is 4.58. The van der Waals surface area contributed by atoms with Crippen LogP contribution in [0.3, 0.4) is 0 Å². The van der Waals surface area contributed by atoms with E-state index < -0.39 is 6.10 Å². The lowest BCUT2D eigenvalue weighted by molar-refractivity contribution is 0.0955. The molecule has 1 saturated carbocycles. The molecular weight excluding hydrogens is 316 g/mol. The molecule has 0 saturated heterocycles. The zero-order chi connectivity index (χ0) is 17.8. The van der Waals surface area contributed by atoms with E-state index in [0.29, 0.717) is 5.82 Å². The van der Waals surface area contributed by atoms with Crippen LogP contribution in [-0.2, 0) is 0 Å². The average Bonchev–Trinajstić information content (AvgIpc) is 3.02. The molecule has 2 atom stereocenters. The Kier molecular flexibility index (Phi) is 5.38. The van der Waals surface area contributed by atoms with Crippen molar-refractivity contribution in [2.75, 3.05) is 5.32 Å². The first-order chi connectivity index (χ1) is 12.0. The molecule has 3 rings (SSSR count). The zero-order valence-electron chi connectivity index (χ0n) is 14.8. The molecule has 1 aromatic heterocycles. The van der Waals surface area contributed by atoms with Crippen LogP contribution in [-0.4, -0.2) is 33.1 Å². The van der Waals surface area contributed by atoms with Crippen molar-refractivity contribution in [3.05, 3.63) is 36.4 Å². The average molecular weight is 342 g/mol.